The lowest BCUT2D eigenvalue weighted by Gasteiger charge is -2.22. The molecule has 18 heavy (non-hydrogen) atoms. The summed E-state index contributed by atoms with van der Waals surface area (Å²) in [5.41, 5.74) is 1.01. The summed E-state index contributed by atoms with van der Waals surface area (Å²) in [6.07, 6.45) is 0.343. The second-order valence-corrected chi connectivity index (χ2v) is 4.94. The molecule has 7 heteroatoms. The predicted octanol–water partition coefficient (Wildman–Crippen LogP) is 1.59. The summed E-state index contributed by atoms with van der Waals surface area (Å²) in [4.78, 5) is 18.8. The average Bonchev–Trinajstić information content (AvgIpc) is 2.71. The second-order valence-electron chi connectivity index (χ2n) is 3.85. The van der Waals surface area contributed by atoms with E-state index in [-0.39, 0.29) is 0 Å². The van der Waals surface area contributed by atoms with Gasteiger partial charge in [-0.15, -0.1) is 0 Å². The first-order valence-electron chi connectivity index (χ1n) is 5.74. The van der Waals surface area contributed by atoms with Crippen LogP contribution in [0.4, 0.5) is 9.93 Å². The van der Waals surface area contributed by atoms with Gasteiger partial charge >= 0.3 is 6.09 Å². The van der Waals surface area contributed by atoms with Crippen molar-refractivity contribution < 1.29 is 9.53 Å². The number of hydrogen-bond acceptors (Lipinski definition) is 6. The van der Waals surface area contributed by atoms with Crippen LogP contribution in [0, 0.1) is 11.3 Å². The number of rotatable bonds is 3. The predicted molar refractivity (Wildman–Crippen MR) is 67.4 cm³/mol. The molecule has 1 aliphatic rings. The van der Waals surface area contributed by atoms with Crippen molar-refractivity contribution in [3.8, 4) is 6.07 Å². The van der Waals surface area contributed by atoms with Crippen LogP contribution in [0.3, 0.4) is 0 Å². The van der Waals surface area contributed by atoms with E-state index in [1.54, 1.807) is 6.92 Å². The van der Waals surface area contributed by atoms with Crippen molar-refractivity contribution in [3.05, 3.63) is 10.6 Å². The molecule has 0 saturated heterocycles. The van der Waals surface area contributed by atoms with Crippen LogP contribution in [0.1, 0.15) is 17.5 Å². The third-order valence-corrected chi connectivity index (χ3v) is 3.59. The molecule has 96 valence electrons. The summed E-state index contributed by atoms with van der Waals surface area (Å²) in [6.45, 7) is 4.09. The van der Waals surface area contributed by atoms with E-state index in [9.17, 15) is 4.79 Å². The highest BCUT2D eigenvalue weighted by Crippen LogP contribution is 2.28. The van der Waals surface area contributed by atoms with Crippen LogP contribution in [-0.4, -0.2) is 35.7 Å². The molecule has 0 aromatic carbocycles. The molecule has 6 nitrogen and oxygen atoms in total. The van der Waals surface area contributed by atoms with Crippen LogP contribution in [0.15, 0.2) is 0 Å². The van der Waals surface area contributed by atoms with Gasteiger partial charge in [-0.2, -0.15) is 5.26 Å². The molecule has 1 aromatic rings. The first-order chi connectivity index (χ1) is 8.72. The number of amides is 1. The summed E-state index contributed by atoms with van der Waals surface area (Å²) >= 11 is 1.44. The van der Waals surface area contributed by atoms with Crippen molar-refractivity contribution in [3.63, 3.8) is 0 Å². The molecule has 1 amide bonds. The lowest BCUT2D eigenvalue weighted by atomic mass is 10.2. The van der Waals surface area contributed by atoms with E-state index in [1.807, 2.05) is 0 Å². The van der Waals surface area contributed by atoms with E-state index < -0.39 is 6.09 Å². The van der Waals surface area contributed by atoms with Gasteiger partial charge < -0.3 is 4.74 Å². The number of anilines is 1. The largest absolute Gasteiger partial charge is 0.450 e. The molecule has 0 bridgehead atoms. The lowest BCUT2D eigenvalue weighted by molar-refractivity contribution is 0.168. The summed E-state index contributed by atoms with van der Waals surface area (Å²) in [5, 5.41) is 11.8. The fourth-order valence-corrected chi connectivity index (χ4v) is 2.83. The van der Waals surface area contributed by atoms with Crippen LogP contribution in [0.25, 0.3) is 0 Å². The Morgan fingerprint density at radius 3 is 3.28 bits per heavy atom. The van der Waals surface area contributed by atoms with Gasteiger partial charge in [-0.1, -0.05) is 11.3 Å². The fraction of sp³-hybridized carbons (Fsp3) is 0.545. The number of nitrogens with zero attached hydrogens (tertiary/aromatic N) is 3. The van der Waals surface area contributed by atoms with Crippen LogP contribution < -0.4 is 5.32 Å². The minimum absolute atomic E-state index is 0.340. The normalized spacial score (nSPS) is 14.7. The van der Waals surface area contributed by atoms with Crippen LogP contribution in [0.2, 0.25) is 0 Å². The number of carbonyl (C=O) groups is 1. The first-order valence-corrected chi connectivity index (χ1v) is 6.56. The number of nitrogens with one attached hydrogen (secondary N) is 1. The number of thiazole rings is 1. The Balaban J connectivity index is 2.01. The van der Waals surface area contributed by atoms with Crippen molar-refractivity contribution in [1.29, 1.82) is 5.26 Å². The van der Waals surface area contributed by atoms with Gasteiger partial charge in [0.1, 0.15) is 0 Å². The van der Waals surface area contributed by atoms with Crippen molar-refractivity contribution in [2.24, 2.45) is 0 Å². The van der Waals surface area contributed by atoms with E-state index >= 15 is 0 Å². The Labute approximate surface area is 109 Å². The molecule has 0 atom stereocenters. The summed E-state index contributed by atoms with van der Waals surface area (Å²) < 4.78 is 4.80. The van der Waals surface area contributed by atoms with Gasteiger partial charge in [-0.3, -0.25) is 10.2 Å². The van der Waals surface area contributed by atoms with Gasteiger partial charge in [0.15, 0.2) is 5.13 Å². The molecule has 2 rings (SSSR count). The van der Waals surface area contributed by atoms with Crippen LogP contribution in [-0.2, 0) is 17.7 Å². The number of aromatic nitrogens is 1. The zero-order valence-corrected chi connectivity index (χ0v) is 10.9. The molecule has 0 radical (unpaired) electrons. The molecular formula is C11H14N4O2S. The molecule has 1 N–H and O–H groups in total. The average molecular weight is 266 g/mol. The maximum absolute atomic E-state index is 11.3. The van der Waals surface area contributed by atoms with Crippen molar-refractivity contribution >= 4 is 22.6 Å². The molecule has 1 aliphatic heterocycles. The summed E-state index contributed by atoms with van der Waals surface area (Å²) in [6, 6.07) is 2.14. The Hall–Kier alpha value is -1.65. The minimum atomic E-state index is -0.475. The molecule has 2 heterocycles. The Morgan fingerprint density at radius 1 is 1.72 bits per heavy atom. The first kappa shape index (κ1) is 12.8. The third-order valence-electron chi connectivity index (χ3n) is 2.59. The Bertz CT molecular complexity index is 480. The Kier molecular flexibility index (Phi) is 4.12. The maximum atomic E-state index is 11.3. The van der Waals surface area contributed by atoms with Crippen LogP contribution in [0.5, 0.6) is 0 Å². The zero-order valence-electron chi connectivity index (χ0n) is 10.1. The molecule has 0 aliphatic carbocycles. The number of ether oxygens (including phenoxy) is 1. The zero-order chi connectivity index (χ0) is 13.0. The summed E-state index contributed by atoms with van der Waals surface area (Å²) in [7, 11) is 0. The minimum Gasteiger partial charge on any atom is -0.450 e. The van der Waals surface area contributed by atoms with E-state index in [0.29, 0.717) is 18.3 Å². The van der Waals surface area contributed by atoms with E-state index in [1.165, 1.54) is 11.3 Å². The smallest absolute Gasteiger partial charge is 0.413 e. The number of hydrogen-bond donors (Lipinski definition) is 1. The fourth-order valence-electron chi connectivity index (χ4n) is 1.79. The number of nitriles is 1. The monoisotopic (exact) mass is 266 g/mol. The van der Waals surface area contributed by atoms with Gasteiger partial charge in [0, 0.05) is 24.4 Å². The topological polar surface area (TPSA) is 78.2 Å². The number of fused-ring (bicyclic) bond motifs is 1. The van der Waals surface area contributed by atoms with Crippen molar-refractivity contribution in [2.45, 2.75) is 19.9 Å². The number of carbonyl (C=O) groups excluding carboxylic acids is 1. The highest BCUT2D eigenvalue weighted by molar-refractivity contribution is 7.15. The lowest BCUT2D eigenvalue weighted by Crippen LogP contribution is -2.30. The summed E-state index contributed by atoms with van der Waals surface area (Å²) in [5.74, 6) is 0. The molecule has 0 spiro atoms. The standard InChI is InChI=1S/C11H14N4O2S/c1-2-17-11(16)14-10-13-8-3-5-15(6-4-12)7-9(8)18-10/h2-3,5-7H2,1H3,(H,13,14,16). The van der Waals surface area contributed by atoms with Crippen molar-refractivity contribution in [2.75, 3.05) is 25.0 Å². The molecule has 1 aromatic heterocycles. The van der Waals surface area contributed by atoms with Gasteiger partial charge in [-0.05, 0) is 6.92 Å². The third kappa shape index (κ3) is 2.97. The van der Waals surface area contributed by atoms with Gasteiger partial charge in [-0.25, -0.2) is 9.78 Å². The molecule has 0 fully saturated rings. The molecular weight excluding hydrogens is 252 g/mol. The quantitative estimate of drug-likeness (QED) is 0.841. The van der Waals surface area contributed by atoms with Crippen molar-refractivity contribution in [1.82, 2.24) is 9.88 Å². The highest BCUT2D eigenvalue weighted by Gasteiger charge is 2.21. The van der Waals surface area contributed by atoms with Gasteiger partial charge in [0.25, 0.3) is 0 Å². The van der Waals surface area contributed by atoms with Gasteiger partial charge in [0.05, 0.1) is 24.9 Å². The maximum Gasteiger partial charge on any atom is 0.413 e. The molecule has 0 unspecified atom stereocenters. The van der Waals surface area contributed by atoms with Gasteiger partial charge in [0.2, 0.25) is 0 Å². The highest BCUT2D eigenvalue weighted by atomic mass is 32.1. The van der Waals surface area contributed by atoms with E-state index in [0.717, 1.165) is 30.1 Å². The SMILES string of the molecule is CCOC(=O)Nc1nc2c(s1)CN(CC#N)CC2. The van der Waals surface area contributed by atoms with E-state index in [2.05, 4.69) is 21.3 Å². The molecule has 0 saturated carbocycles. The van der Waals surface area contributed by atoms with E-state index in [4.69, 9.17) is 10.00 Å². The van der Waals surface area contributed by atoms with Crippen LogP contribution >= 0.6 is 11.3 Å². The Morgan fingerprint density at radius 2 is 2.56 bits per heavy atom. The second kappa shape index (κ2) is 5.80.